The van der Waals surface area contributed by atoms with Gasteiger partial charge in [-0.25, -0.2) is 8.78 Å². The van der Waals surface area contributed by atoms with Crippen LogP contribution in [0.4, 0.5) is 17.6 Å². The van der Waals surface area contributed by atoms with Crippen molar-refractivity contribution in [2.24, 2.45) is 33.5 Å². The van der Waals surface area contributed by atoms with Crippen LogP contribution in [0, 0.1) is 56.8 Å². The molecule has 2 aromatic rings. The normalized spacial score (nSPS) is 20.9. The van der Waals surface area contributed by atoms with E-state index >= 15 is 17.6 Å². The van der Waals surface area contributed by atoms with Gasteiger partial charge in [-0.2, -0.15) is 8.78 Å². The third-order valence-electron chi connectivity index (χ3n) is 15.9. The van der Waals surface area contributed by atoms with E-state index in [-0.39, 0.29) is 49.4 Å². The van der Waals surface area contributed by atoms with Gasteiger partial charge in [-0.3, -0.25) is 4.57 Å². The number of unbranched alkanes of at least 4 members (excludes halogenated alkanes) is 4. The molecule has 5 nitrogen and oxygen atoms in total. The molecule has 0 N–H and O–H groups in total. The largest absolute Gasteiger partial charge is 0.483 e. The first-order chi connectivity index (χ1) is 30.7. The SMILES string of the molecule is CCCCCC1CCC(c2ccc(OC(CCO[PH](=O)OCCC(Oc3ccc(C4CCC(CCCCC)CC4)c(F)c3F)(C(C)(C)C)C(C)(C)C)(C(C)(C)C)C(C)(C)C)c(F)c2F)CC1. The first kappa shape index (κ1) is 56.5. The minimum atomic E-state index is -3.07. The summed E-state index contributed by atoms with van der Waals surface area (Å²) < 4.78 is 103. The molecule has 0 atom stereocenters. The molecular formula is C56H91F4O5P. The van der Waals surface area contributed by atoms with E-state index in [1.807, 2.05) is 83.1 Å². The van der Waals surface area contributed by atoms with E-state index in [2.05, 4.69) is 13.8 Å². The number of rotatable bonds is 22. The molecule has 0 unspecified atom stereocenters. The highest BCUT2D eigenvalue weighted by molar-refractivity contribution is 7.33. The van der Waals surface area contributed by atoms with Crippen LogP contribution in [-0.2, 0) is 13.6 Å². The average molecular weight is 951 g/mol. The minimum Gasteiger partial charge on any atom is -0.483 e. The summed E-state index contributed by atoms with van der Waals surface area (Å²) in [5, 5.41) is 0. The molecular weight excluding hydrogens is 860 g/mol. The highest BCUT2D eigenvalue weighted by atomic mass is 31.1. The Morgan fingerprint density at radius 3 is 1.09 bits per heavy atom. The van der Waals surface area contributed by atoms with Crippen LogP contribution in [0.5, 0.6) is 11.5 Å². The van der Waals surface area contributed by atoms with Crippen molar-refractivity contribution < 1.29 is 40.6 Å². The molecule has 66 heavy (non-hydrogen) atoms. The molecule has 0 bridgehead atoms. The van der Waals surface area contributed by atoms with Gasteiger partial charge in [0.2, 0.25) is 11.6 Å². The van der Waals surface area contributed by atoms with Crippen LogP contribution in [0.25, 0.3) is 0 Å². The summed E-state index contributed by atoms with van der Waals surface area (Å²) in [7, 11) is -3.07. The summed E-state index contributed by atoms with van der Waals surface area (Å²) in [5.74, 6) is -2.65. The second-order valence-corrected chi connectivity index (χ2v) is 25.4. The van der Waals surface area contributed by atoms with Crippen LogP contribution in [0.3, 0.4) is 0 Å². The van der Waals surface area contributed by atoms with Crippen LogP contribution in [-0.4, -0.2) is 24.4 Å². The lowest BCUT2D eigenvalue weighted by Gasteiger charge is -2.53. The smallest absolute Gasteiger partial charge is 0.319 e. The summed E-state index contributed by atoms with van der Waals surface area (Å²) in [5.41, 5.74) is -3.72. The maximum absolute atomic E-state index is 16.1. The Bertz CT molecular complexity index is 1680. The van der Waals surface area contributed by atoms with Gasteiger partial charge in [0.05, 0.1) is 13.2 Å². The third kappa shape index (κ3) is 13.6. The number of hydrogen-bond acceptors (Lipinski definition) is 5. The van der Waals surface area contributed by atoms with Gasteiger partial charge in [-0.05, 0) is 98.3 Å². The molecule has 0 spiro atoms. The summed E-state index contributed by atoms with van der Waals surface area (Å²) in [6.45, 7) is 28.4. The van der Waals surface area contributed by atoms with Gasteiger partial charge >= 0.3 is 8.25 Å². The van der Waals surface area contributed by atoms with Crippen molar-refractivity contribution in [2.45, 2.75) is 236 Å². The molecule has 2 fully saturated rings. The zero-order valence-corrected chi connectivity index (χ0v) is 44.8. The van der Waals surface area contributed by atoms with Crippen LogP contribution >= 0.6 is 8.25 Å². The zero-order valence-electron chi connectivity index (χ0n) is 43.8. The van der Waals surface area contributed by atoms with E-state index in [9.17, 15) is 4.57 Å². The number of benzene rings is 2. The summed E-state index contributed by atoms with van der Waals surface area (Å²) >= 11 is 0. The zero-order chi connectivity index (χ0) is 49.3. The molecule has 2 aliphatic carbocycles. The van der Waals surface area contributed by atoms with Crippen molar-refractivity contribution in [1.29, 1.82) is 0 Å². The molecule has 10 heteroatoms. The fourth-order valence-electron chi connectivity index (χ4n) is 12.2. The minimum absolute atomic E-state index is 0.0180. The molecule has 0 saturated heterocycles. The van der Waals surface area contributed by atoms with Gasteiger partial charge < -0.3 is 18.5 Å². The molecule has 4 rings (SSSR count). The summed E-state index contributed by atoms with van der Waals surface area (Å²) in [6.07, 6.45) is 17.7. The first-order valence-corrected chi connectivity index (χ1v) is 27.1. The van der Waals surface area contributed by atoms with Crippen LogP contribution in [0.15, 0.2) is 24.3 Å². The lowest BCUT2D eigenvalue weighted by molar-refractivity contribution is -0.129. The number of halogens is 4. The second kappa shape index (κ2) is 23.7. The predicted molar refractivity (Wildman–Crippen MR) is 265 cm³/mol. The number of ether oxygens (including phenoxy) is 2. The standard InChI is InChI=1S/C56H91F4O5P/c1-15-17-19-21-39-23-27-41(28-24-39)43-31-33-45(49(59)47(43)57)64-55(51(3,4)5,52(6,7)8)35-37-62-66(61)63-38-36-56(53(9,10)11,54(12,13)14)65-46-34-32-44(48(58)50(46)60)42-29-25-40(26-30-42)22-20-18-16-2/h31-34,39-42,66H,15-30,35-38H2,1-14H3. The van der Waals surface area contributed by atoms with Crippen LogP contribution in [0.2, 0.25) is 0 Å². The molecule has 2 saturated carbocycles. The Morgan fingerprint density at radius 1 is 0.485 bits per heavy atom. The topological polar surface area (TPSA) is 54.0 Å². The van der Waals surface area contributed by atoms with E-state index in [1.165, 1.54) is 51.4 Å². The van der Waals surface area contributed by atoms with E-state index in [1.54, 1.807) is 24.3 Å². The van der Waals surface area contributed by atoms with Gasteiger partial charge in [-0.1, -0.05) is 160 Å². The van der Waals surface area contributed by atoms with Gasteiger partial charge in [-0.15, -0.1) is 0 Å². The Balaban J connectivity index is 1.44. The lowest BCUT2D eigenvalue weighted by Crippen LogP contribution is -2.58. The highest BCUT2D eigenvalue weighted by Crippen LogP contribution is 2.53. The Labute approximate surface area is 400 Å². The highest BCUT2D eigenvalue weighted by Gasteiger charge is 2.55. The van der Waals surface area contributed by atoms with Crippen molar-refractivity contribution in [3.63, 3.8) is 0 Å². The molecule has 0 amide bonds. The molecule has 0 aliphatic heterocycles. The predicted octanol–water partition coefficient (Wildman–Crippen LogP) is 18.3. The number of hydrogen-bond donors (Lipinski definition) is 0. The van der Waals surface area contributed by atoms with Gasteiger partial charge in [0.1, 0.15) is 11.2 Å². The molecule has 0 aromatic heterocycles. The average Bonchev–Trinajstić information content (AvgIpc) is 3.22. The van der Waals surface area contributed by atoms with Crippen molar-refractivity contribution in [3.05, 3.63) is 58.7 Å². The van der Waals surface area contributed by atoms with E-state index in [0.29, 0.717) is 23.0 Å². The molecule has 378 valence electrons. The van der Waals surface area contributed by atoms with Crippen molar-refractivity contribution in [1.82, 2.24) is 0 Å². The quantitative estimate of drug-likeness (QED) is 0.0669. The van der Waals surface area contributed by atoms with Crippen LogP contribution < -0.4 is 9.47 Å². The van der Waals surface area contributed by atoms with Crippen molar-refractivity contribution >= 4 is 8.25 Å². The van der Waals surface area contributed by atoms with Crippen molar-refractivity contribution in [3.8, 4) is 11.5 Å². The Hall–Kier alpha value is -2.09. The molecule has 0 radical (unpaired) electrons. The third-order valence-corrected chi connectivity index (χ3v) is 16.8. The van der Waals surface area contributed by atoms with E-state index in [4.69, 9.17) is 18.5 Å². The monoisotopic (exact) mass is 951 g/mol. The van der Waals surface area contributed by atoms with E-state index in [0.717, 1.165) is 51.4 Å². The Kier molecular flexibility index (Phi) is 20.3. The maximum Gasteiger partial charge on any atom is 0.319 e. The molecule has 2 aromatic carbocycles. The van der Waals surface area contributed by atoms with Crippen LogP contribution in [0.1, 0.15) is 235 Å². The first-order valence-electron chi connectivity index (χ1n) is 25.9. The van der Waals surface area contributed by atoms with Gasteiger partial charge in [0, 0.05) is 34.5 Å². The Morgan fingerprint density at radius 2 is 0.803 bits per heavy atom. The second-order valence-electron chi connectivity index (χ2n) is 24.3. The molecule has 0 heterocycles. The fraction of sp³-hybridized carbons (Fsp3) is 0.786. The molecule has 2 aliphatic rings. The fourth-order valence-corrected chi connectivity index (χ4v) is 12.8. The summed E-state index contributed by atoms with van der Waals surface area (Å²) in [6, 6.07) is 6.56. The maximum atomic E-state index is 16.1. The van der Waals surface area contributed by atoms with Gasteiger partial charge in [0.15, 0.2) is 23.1 Å². The lowest BCUT2D eigenvalue weighted by atomic mass is 9.61. The van der Waals surface area contributed by atoms with E-state index < -0.39 is 64.4 Å². The van der Waals surface area contributed by atoms with Crippen molar-refractivity contribution in [2.75, 3.05) is 13.2 Å². The summed E-state index contributed by atoms with van der Waals surface area (Å²) in [4.78, 5) is 0. The van der Waals surface area contributed by atoms with Gasteiger partial charge in [0.25, 0.3) is 0 Å².